The van der Waals surface area contributed by atoms with E-state index >= 15 is 0 Å². The lowest BCUT2D eigenvalue weighted by atomic mass is 9.83. The molecule has 0 aliphatic carbocycles. The highest BCUT2D eigenvalue weighted by atomic mass is 19.4. The van der Waals surface area contributed by atoms with E-state index in [2.05, 4.69) is 0 Å². The number of nitrogens with zero attached hydrogens (tertiary/aromatic N) is 1. The number of rotatable bonds is 1. The van der Waals surface area contributed by atoms with Crippen molar-refractivity contribution in [2.45, 2.75) is 31.5 Å². The van der Waals surface area contributed by atoms with Gasteiger partial charge in [0.05, 0.1) is 12.1 Å². The first-order valence-electron chi connectivity index (χ1n) is 8.42. The topological polar surface area (TPSA) is 34.4 Å². The van der Waals surface area contributed by atoms with Crippen molar-refractivity contribution in [3.8, 4) is 11.4 Å². The van der Waals surface area contributed by atoms with E-state index in [0.717, 1.165) is 0 Å². The van der Waals surface area contributed by atoms with Gasteiger partial charge in [-0.25, -0.2) is 4.39 Å². The fourth-order valence-corrected chi connectivity index (χ4v) is 3.83. The molecule has 1 unspecified atom stereocenters. The third-order valence-corrected chi connectivity index (χ3v) is 4.91. The number of halogens is 4. The molecular formula is C20H17F4NO2. The second kappa shape index (κ2) is 5.73. The van der Waals surface area contributed by atoms with Crippen LogP contribution in [-0.2, 0) is 10.2 Å². The number of phenolic OH excluding ortho intramolecular Hbond substituents is 1. The summed E-state index contributed by atoms with van der Waals surface area (Å²) in [5.74, 6) is -0.692. The summed E-state index contributed by atoms with van der Waals surface area (Å²) in [4.78, 5) is 0. The molecule has 0 spiro atoms. The van der Waals surface area contributed by atoms with E-state index in [1.165, 1.54) is 30.3 Å². The zero-order chi connectivity index (χ0) is 19.6. The molecule has 1 N–H and O–H groups in total. The lowest BCUT2D eigenvalue weighted by Crippen LogP contribution is -2.39. The summed E-state index contributed by atoms with van der Waals surface area (Å²) in [6, 6.07) is 10.1. The van der Waals surface area contributed by atoms with Crippen LogP contribution >= 0.6 is 0 Å². The van der Waals surface area contributed by atoms with Crippen molar-refractivity contribution < 1.29 is 27.4 Å². The molecule has 7 heteroatoms. The molecule has 27 heavy (non-hydrogen) atoms. The Morgan fingerprint density at radius 3 is 2.41 bits per heavy atom. The number of fused-ring (bicyclic) bond motifs is 3. The van der Waals surface area contributed by atoms with E-state index in [9.17, 15) is 22.7 Å². The van der Waals surface area contributed by atoms with Gasteiger partial charge in [-0.3, -0.25) is 0 Å². The van der Waals surface area contributed by atoms with Crippen LogP contribution in [0.3, 0.4) is 0 Å². The number of phenols is 1. The molecule has 0 bridgehead atoms. The van der Waals surface area contributed by atoms with Gasteiger partial charge in [-0.05, 0) is 36.4 Å². The highest BCUT2D eigenvalue weighted by molar-refractivity contribution is 5.93. The third-order valence-electron chi connectivity index (χ3n) is 4.91. The summed E-state index contributed by atoms with van der Waals surface area (Å²) in [5, 5.41) is 10.5. The van der Waals surface area contributed by atoms with Gasteiger partial charge >= 0.3 is 6.18 Å². The molecule has 1 aliphatic heterocycles. The number of ether oxygens (including phenoxy) is 1. The highest BCUT2D eigenvalue weighted by Crippen LogP contribution is 2.51. The number of hydrogen-bond donors (Lipinski definition) is 1. The third kappa shape index (κ3) is 2.68. The largest absolute Gasteiger partial charge is 0.507 e. The Balaban J connectivity index is 2.17. The molecule has 1 aliphatic rings. The molecule has 1 aromatic heterocycles. The Kier molecular flexibility index (Phi) is 3.79. The first-order chi connectivity index (χ1) is 12.6. The van der Waals surface area contributed by atoms with Crippen LogP contribution < -0.4 is 0 Å². The summed E-state index contributed by atoms with van der Waals surface area (Å²) in [5.41, 5.74) is 0.496. The first kappa shape index (κ1) is 17.9. The minimum atomic E-state index is -4.63. The zero-order valence-corrected chi connectivity index (χ0v) is 14.6. The molecule has 2 heterocycles. The molecule has 1 atom stereocenters. The van der Waals surface area contributed by atoms with E-state index in [1.807, 2.05) is 0 Å². The Morgan fingerprint density at radius 1 is 1.11 bits per heavy atom. The van der Waals surface area contributed by atoms with Gasteiger partial charge in [0.25, 0.3) is 0 Å². The van der Waals surface area contributed by atoms with E-state index in [-0.39, 0.29) is 23.3 Å². The number of hydrogen-bond acceptors (Lipinski definition) is 2. The van der Waals surface area contributed by atoms with Crippen molar-refractivity contribution >= 4 is 10.9 Å². The minimum Gasteiger partial charge on any atom is -0.507 e. The molecule has 3 aromatic rings. The quantitative estimate of drug-likeness (QED) is 0.576. The molecule has 4 rings (SSSR count). The van der Waals surface area contributed by atoms with Crippen molar-refractivity contribution in [2.75, 3.05) is 6.61 Å². The van der Waals surface area contributed by atoms with Crippen molar-refractivity contribution in [3.05, 3.63) is 59.5 Å². The molecule has 0 amide bonds. The summed E-state index contributed by atoms with van der Waals surface area (Å²) in [6.07, 6.45) is -6.77. The van der Waals surface area contributed by atoms with E-state index in [1.54, 1.807) is 30.5 Å². The van der Waals surface area contributed by atoms with Gasteiger partial charge in [-0.15, -0.1) is 0 Å². The van der Waals surface area contributed by atoms with Gasteiger partial charge in [-0.2, -0.15) is 13.2 Å². The standard InChI is InChI=1S/C20H17F4NO2/c1-19(2)10-27-18(20(22,23)24)16-15-13(4-3-5-14(15)26)25(17(16)19)12-8-6-11(21)7-9-12/h3-9,18,26H,10H2,1-2H3. The van der Waals surface area contributed by atoms with Gasteiger partial charge in [0.2, 0.25) is 0 Å². The highest BCUT2D eigenvalue weighted by Gasteiger charge is 2.51. The normalized spacial score (nSPS) is 19.3. The lowest BCUT2D eigenvalue weighted by Gasteiger charge is -2.37. The zero-order valence-electron chi connectivity index (χ0n) is 14.6. The first-order valence-corrected chi connectivity index (χ1v) is 8.42. The number of benzene rings is 2. The molecule has 142 valence electrons. The molecule has 0 saturated carbocycles. The van der Waals surface area contributed by atoms with E-state index < -0.39 is 23.5 Å². The molecule has 0 radical (unpaired) electrons. The number of aromatic hydroxyl groups is 1. The predicted molar refractivity (Wildman–Crippen MR) is 92.7 cm³/mol. The van der Waals surface area contributed by atoms with Crippen LogP contribution in [-0.4, -0.2) is 22.5 Å². The average molecular weight is 379 g/mol. The van der Waals surface area contributed by atoms with Crippen LogP contribution in [0, 0.1) is 5.82 Å². The maximum atomic E-state index is 13.7. The fourth-order valence-electron chi connectivity index (χ4n) is 3.83. The van der Waals surface area contributed by atoms with Gasteiger partial charge < -0.3 is 14.4 Å². The molecule has 3 nitrogen and oxygen atoms in total. The van der Waals surface area contributed by atoms with Crippen LogP contribution in [0.5, 0.6) is 5.75 Å². The Hall–Kier alpha value is -2.54. The smallest absolute Gasteiger partial charge is 0.418 e. The van der Waals surface area contributed by atoms with E-state index in [4.69, 9.17) is 4.74 Å². The van der Waals surface area contributed by atoms with Crippen molar-refractivity contribution in [3.63, 3.8) is 0 Å². The van der Waals surface area contributed by atoms with Gasteiger partial charge in [-0.1, -0.05) is 19.9 Å². The van der Waals surface area contributed by atoms with Crippen LogP contribution in [0.25, 0.3) is 16.6 Å². The Bertz CT molecular complexity index is 1020. The maximum Gasteiger partial charge on any atom is 0.418 e. The molecule has 0 fully saturated rings. The Labute approximate surface area is 152 Å². The van der Waals surface area contributed by atoms with Crippen molar-refractivity contribution in [2.24, 2.45) is 0 Å². The van der Waals surface area contributed by atoms with E-state index in [0.29, 0.717) is 16.9 Å². The summed E-state index contributed by atoms with van der Waals surface area (Å²) < 4.78 is 61.5. The molecule has 0 saturated heterocycles. The second-order valence-corrected chi connectivity index (χ2v) is 7.36. The summed E-state index contributed by atoms with van der Waals surface area (Å²) in [6.45, 7) is 3.44. The predicted octanol–water partition coefficient (Wildman–Crippen LogP) is 5.39. The number of aromatic nitrogens is 1. The van der Waals surface area contributed by atoms with Gasteiger partial charge in [0.15, 0.2) is 6.10 Å². The van der Waals surface area contributed by atoms with Gasteiger partial charge in [0.1, 0.15) is 11.6 Å². The molecular weight excluding hydrogens is 362 g/mol. The van der Waals surface area contributed by atoms with Gasteiger partial charge in [0, 0.05) is 27.7 Å². The SMILES string of the molecule is CC1(C)COC(C(F)(F)F)c2c1n(-c1ccc(F)cc1)c1cccc(O)c21. The second-order valence-electron chi connectivity index (χ2n) is 7.36. The minimum absolute atomic E-state index is 0.0869. The van der Waals surface area contributed by atoms with Crippen LogP contribution in [0.15, 0.2) is 42.5 Å². The van der Waals surface area contributed by atoms with Crippen LogP contribution in [0.1, 0.15) is 31.2 Å². The van der Waals surface area contributed by atoms with Crippen molar-refractivity contribution in [1.82, 2.24) is 4.57 Å². The Morgan fingerprint density at radius 2 is 1.78 bits per heavy atom. The number of alkyl halides is 3. The van der Waals surface area contributed by atoms with Crippen molar-refractivity contribution in [1.29, 1.82) is 0 Å². The van der Waals surface area contributed by atoms with Crippen LogP contribution in [0.4, 0.5) is 17.6 Å². The summed E-state index contributed by atoms with van der Waals surface area (Å²) >= 11 is 0. The molecule has 2 aromatic carbocycles. The maximum absolute atomic E-state index is 13.7. The van der Waals surface area contributed by atoms with Crippen LogP contribution in [0.2, 0.25) is 0 Å². The fraction of sp³-hybridized carbons (Fsp3) is 0.300. The average Bonchev–Trinajstić information content (AvgIpc) is 2.92. The lowest BCUT2D eigenvalue weighted by molar-refractivity contribution is -0.232. The monoisotopic (exact) mass is 379 g/mol. The summed E-state index contributed by atoms with van der Waals surface area (Å²) in [7, 11) is 0.